The lowest BCUT2D eigenvalue weighted by molar-refractivity contribution is -0.140. The first-order valence-corrected chi connectivity index (χ1v) is 13.6. The average Bonchev–Trinajstić information content (AvgIpc) is 3.43. The van der Waals surface area contributed by atoms with Crippen LogP contribution in [0.1, 0.15) is 50.4 Å². The Morgan fingerprint density at radius 2 is 1.90 bits per heavy atom. The maximum atomic E-state index is 13.5. The molecule has 1 amide bonds. The van der Waals surface area contributed by atoms with Gasteiger partial charge in [0.05, 0.1) is 18.2 Å². The van der Waals surface area contributed by atoms with E-state index in [0.717, 1.165) is 24.4 Å². The van der Waals surface area contributed by atoms with E-state index < -0.39 is 17.7 Å². The van der Waals surface area contributed by atoms with Gasteiger partial charge in [-0.2, -0.15) is 0 Å². The van der Waals surface area contributed by atoms with E-state index in [9.17, 15) is 14.7 Å². The SMILES string of the molecule is C=CCOc1ccc([C@H]2/C(=C(\O)c3ccc4c(c3)C[C@@H](C)O4)C(=O)C(=O)N2CCN(CC)CC)cc1OCC. The molecule has 0 aromatic heterocycles. The molecule has 8 nitrogen and oxygen atoms in total. The number of aliphatic hydroxyl groups excluding tert-OH is 1. The number of hydrogen-bond donors (Lipinski definition) is 1. The molecule has 39 heavy (non-hydrogen) atoms. The Kier molecular flexibility index (Phi) is 8.97. The molecule has 0 spiro atoms. The number of Topliss-reactive ketones (excluding diaryl/α,β-unsaturated/α-hetero) is 1. The molecular weight excluding hydrogens is 496 g/mol. The summed E-state index contributed by atoms with van der Waals surface area (Å²) in [5.74, 6) is 0.273. The third-order valence-corrected chi connectivity index (χ3v) is 7.20. The maximum Gasteiger partial charge on any atom is 0.295 e. The highest BCUT2D eigenvalue weighted by atomic mass is 16.5. The van der Waals surface area contributed by atoms with E-state index in [-0.39, 0.29) is 17.4 Å². The fourth-order valence-corrected chi connectivity index (χ4v) is 5.20. The highest BCUT2D eigenvalue weighted by molar-refractivity contribution is 6.46. The van der Waals surface area contributed by atoms with Gasteiger partial charge >= 0.3 is 0 Å². The second kappa shape index (κ2) is 12.4. The molecule has 4 rings (SSSR count). The van der Waals surface area contributed by atoms with Crippen LogP contribution in [0, 0.1) is 0 Å². The first-order valence-electron chi connectivity index (χ1n) is 13.6. The van der Waals surface area contributed by atoms with Crippen LogP contribution in [0.25, 0.3) is 5.76 Å². The number of hydrogen-bond acceptors (Lipinski definition) is 7. The number of carbonyl (C=O) groups is 2. The van der Waals surface area contributed by atoms with Gasteiger partial charge in [-0.25, -0.2) is 0 Å². The van der Waals surface area contributed by atoms with Gasteiger partial charge in [0.25, 0.3) is 11.7 Å². The number of benzene rings is 2. The first kappa shape index (κ1) is 28.2. The van der Waals surface area contributed by atoms with Crippen molar-refractivity contribution in [1.29, 1.82) is 0 Å². The number of rotatable bonds is 12. The molecule has 0 saturated carbocycles. The summed E-state index contributed by atoms with van der Waals surface area (Å²) in [4.78, 5) is 30.6. The zero-order valence-corrected chi connectivity index (χ0v) is 23.2. The standard InChI is InChI=1S/C31H38N2O6/c1-6-16-38-25-13-10-21(19-26(25)37-9-4)28-27(30(35)31(36)33(28)15-14-32(7-2)8-3)29(34)22-11-12-24-23(18-22)17-20(5)39-24/h6,10-13,18-20,28,34H,1,7-9,14-17H2,2-5H3/b29-27+/t20-,28+/m1/s1. The lowest BCUT2D eigenvalue weighted by atomic mass is 9.94. The number of fused-ring (bicyclic) bond motifs is 1. The lowest BCUT2D eigenvalue weighted by Crippen LogP contribution is -2.38. The van der Waals surface area contributed by atoms with Gasteiger partial charge in [0, 0.05) is 25.1 Å². The van der Waals surface area contributed by atoms with Crippen LogP contribution >= 0.6 is 0 Å². The molecule has 2 atom stereocenters. The van der Waals surface area contributed by atoms with Crippen LogP contribution < -0.4 is 14.2 Å². The van der Waals surface area contributed by atoms with Crippen molar-refractivity contribution in [3.8, 4) is 17.2 Å². The summed E-state index contributed by atoms with van der Waals surface area (Å²) < 4.78 is 17.4. The van der Waals surface area contributed by atoms with Gasteiger partial charge in [-0.15, -0.1) is 0 Å². The summed E-state index contributed by atoms with van der Waals surface area (Å²) in [5.41, 5.74) is 2.16. The Balaban J connectivity index is 1.82. The number of ether oxygens (including phenoxy) is 3. The third-order valence-electron chi connectivity index (χ3n) is 7.20. The Hall–Kier alpha value is -3.78. The van der Waals surface area contributed by atoms with Gasteiger partial charge in [-0.3, -0.25) is 9.59 Å². The van der Waals surface area contributed by atoms with Crippen LogP contribution in [0.4, 0.5) is 0 Å². The molecule has 2 aromatic rings. The topological polar surface area (TPSA) is 88.5 Å². The molecule has 208 valence electrons. The van der Waals surface area contributed by atoms with Gasteiger partial charge in [-0.1, -0.05) is 32.6 Å². The monoisotopic (exact) mass is 534 g/mol. The van der Waals surface area contributed by atoms with Crippen LogP contribution in [0.2, 0.25) is 0 Å². The molecule has 2 heterocycles. The highest BCUT2D eigenvalue weighted by Gasteiger charge is 2.46. The molecule has 0 aliphatic carbocycles. The van der Waals surface area contributed by atoms with Crippen molar-refractivity contribution in [1.82, 2.24) is 9.80 Å². The highest BCUT2D eigenvalue weighted by Crippen LogP contribution is 2.42. The van der Waals surface area contributed by atoms with Gasteiger partial charge < -0.3 is 29.1 Å². The summed E-state index contributed by atoms with van der Waals surface area (Å²) in [6.07, 6.45) is 2.40. The Morgan fingerprint density at radius 3 is 2.59 bits per heavy atom. The molecule has 0 unspecified atom stereocenters. The largest absolute Gasteiger partial charge is 0.507 e. The quantitative estimate of drug-likeness (QED) is 0.182. The zero-order chi connectivity index (χ0) is 28.1. The first-order chi connectivity index (χ1) is 18.8. The van der Waals surface area contributed by atoms with Crippen molar-refractivity contribution < 1.29 is 28.9 Å². The minimum atomic E-state index is -0.781. The third kappa shape index (κ3) is 5.81. The number of carbonyl (C=O) groups excluding carboxylic acids is 2. The summed E-state index contributed by atoms with van der Waals surface area (Å²) in [6.45, 7) is 15.0. The van der Waals surface area contributed by atoms with Crippen molar-refractivity contribution in [2.24, 2.45) is 0 Å². The fourth-order valence-electron chi connectivity index (χ4n) is 5.20. The average molecular weight is 535 g/mol. The van der Waals surface area contributed by atoms with Crippen molar-refractivity contribution in [3.05, 3.63) is 71.3 Å². The van der Waals surface area contributed by atoms with E-state index in [1.54, 1.807) is 35.2 Å². The van der Waals surface area contributed by atoms with E-state index >= 15 is 0 Å². The van der Waals surface area contributed by atoms with Crippen LogP contribution in [-0.4, -0.2) is 72.1 Å². The number of likely N-dealkylation sites (tertiary alicyclic amines) is 1. The van der Waals surface area contributed by atoms with Crippen LogP contribution in [0.5, 0.6) is 17.2 Å². The number of aliphatic hydroxyl groups is 1. The molecule has 1 N–H and O–H groups in total. The molecule has 2 aliphatic heterocycles. The van der Waals surface area contributed by atoms with Crippen molar-refractivity contribution in [2.45, 2.75) is 46.3 Å². The fraction of sp³-hybridized carbons (Fsp3) is 0.419. The molecular formula is C31H38N2O6. The summed E-state index contributed by atoms with van der Waals surface area (Å²) in [5, 5.41) is 11.5. The zero-order valence-electron chi connectivity index (χ0n) is 23.2. The summed E-state index contributed by atoms with van der Waals surface area (Å²) in [6, 6.07) is 9.95. The molecule has 0 bridgehead atoms. The maximum absolute atomic E-state index is 13.5. The van der Waals surface area contributed by atoms with Crippen molar-refractivity contribution >= 4 is 17.4 Å². The lowest BCUT2D eigenvalue weighted by Gasteiger charge is -2.28. The molecule has 8 heteroatoms. The Labute approximate surface area is 230 Å². The molecule has 1 fully saturated rings. The number of nitrogens with zero attached hydrogens (tertiary/aromatic N) is 2. The predicted molar refractivity (Wildman–Crippen MR) is 150 cm³/mol. The van der Waals surface area contributed by atoms with Gasteiger partial charge in [0.15, 0.2) is 11.5 Å². The van der Waals surface area contributed by atoms with E-state index in [1.807, 2.05) is 26.0 Å². The smallest absolute Gasteiger partial charge is 0.295 e. The number of likely N-dealkylation sites (N-methyl/N-ethyl adjacent to an activating group) is 1. The normalized spacial score (nSPS) is 19.8. The van der Waals surface area contributed by atoms with Crippen LogP contribution in [0.3, 0.4) is 0 Å². The summed E-state index contributed by atoms with van der Waals surface area (Å²) >= 11 is 0. The van der Waals surface area contributed by atoms with Crippen molar-refractivity contribution in [3.63, 3.8) is 0 Å². The van der Waals surface area contributed by atoms with Gasteiger partial charge in [0.2, 0.25) is 0 Å². The van der Waals surface area contributed by atoms with E-state index in [0.29, 0.717) is 55.4 Å². The number of amides is 1. The Morgan fingerprint density at radius 1 is 1.13 bits per heavy atom. The number of ketones is 1. The second-order valence-corrected chi connectivity index (χ2v) is 9.71. The van der Waals surface area contributed by atoms with E-state index in [4.69, 9.17) is 14.2 Å². The van der Waals surface area contributed by atoms with Crippen molar-refractivity contribution in [2.75, 3.05) is 39.4 Å². The van der Waals surface area contributed by atoms with Gasteiger partial charge in [-0.05, 0) is 68.4 Å². The van der Waals surface area contributed by atoms with Crippen LogP contribution in [0.15, 0.2) is 54.6 Å². The Bertz CT molecular complexity index is 1270. The van der Waals surface area contributed by atoms with E-state index in [2.05, 4.69) is 25.3 Å². The molecule has 1 saturated heterocycles. The van der Waals surface area contributed by atoms with E-state index in [1.165, 1.54) is 0 Å². The predicted octanol–water partition coefficient (Wildman–Crippen LogP) is 4.74. The summed E-state index contributed by atoms with van der Waals surface area (Å²) in [7, 11) is 0. The molecule has 2 aliphatic rings. The minimum Gasteiger partial charge on any atom is -0.507 e. The van der Waals surface area contributed by atoms with Crippen LogP contribution in [-0.2, 0) is 16.0 Å². The minimum absolute atomic E-state index is 0.0434. The van der Waals surface area contributed by atoms with Gasteiger partial charge in [0.1, 0.15) is 24.2 Å². The second-order valence-electron chi connectivity index (χ2n) is 9.71. The molecule has 2 aromatic carbocycles. The molecule has 0 radical (unpaired) electrons.